The number of rotatable bonds is 4. The summed E-state index contributed by atoms with van der Waals surface area (Å²) in [6.07, 6.45) is 3.77. The third kappa shape index (κ3) is 2.36. The van der Waals surface area contributed by atoms with E-state index >= 15 is 0 Å². The van der Waals surface area contributed by atoms with Gasteiger partial charge in [-0.3, -0.25) is 0 Å². The van der Waals surface area contributed by atoms with E-state index in [-0.39, 0.29) is 0 Å². The average Bonchev–Trinajstić information content (AvgIpc) is 2.78. The molecule has 5 heteroatoms. The third-order valence-electron chi connectivity index (χ3n) is 2.05. The van der Waals surface area contributed by atoms with Crippen LogP contribution in [0, 0.1) is 6.92 Å². The SMILES string of the molecule is CCNc1nccn1Cc1csc(C)n1. The number of thiazole rings is 1. The first-order valence-electron chi connectivity index (χ1n) is 4.95. The van der Waals surface area contributed by atoms with Gasteiger partial charge < -0.3 is 9.88 Å². The van der Waals surface area contributed by atoms with Gasteiger partial charge in [0, 0.05) is 24.3 Å². The smallest absolute Gasteiger partial charge is 0.203 e. The van der Waals surface area contributed by atoms with Crippen molar-refractivity contribution in [2.24, 2.45) is 0 Å². The van der Waals surface area contributed by atoms with Crippen molar-refractivity contribution in [3.05, 3.63) is 28.5 Å². The molecule has 0 radical (unpaired) electrons. The maximum Gasteiger partial charge on any atom is 0.203 e. The van der Waals surface area contributed by atoms with Gasteiger partial charge in [0.05, 0.1) is 17.2 Å². The lowest BCUT2D eigenvalue weighted by Gasteiger charge is -2.06. The van der Waals surface area contributed by atoms with Gasteiger partial charge in [0.15, 0.2) is 0 Å². The highest BCUT2D eigenvalue weighted by molar-refractivity contribution is 7.09. The van der Waals surface area contributed by atoms with Gasteiger partial charge in [-0.05, 0) is 13.8 Å². The van der Waals surface area contributed by atoms with Gasteiger partial charge in [-0.1, -0.05) is 0 Å². The van der Waals surface area contributed by atoms with Crippen LogP contribution < -0.4 is 5.32 Å². The van der Waals surface area contributed by atoms with Crippen LogP contribution in [0.25, 0.3) is 0 Å². The van der Waals surface area contributed by atoms with E-state index in [1.165, 1.54) is 0 Å². The van der Waals surface area contributed by atoms with Crippen molar-refractivity contribution in [2.45, 2.75) is 20.4 Å². The Kier molecular flexibility index (Phi) is 3.01. The summed E-state index contributed by atoms with van der Waals surface area (Å²) < 4.78 is 2.07. The van der Waals surface area contributed by atoms with Crippen LogP contribution in [0.5, 0.6) is 0 Å². The molecule has 0 aliphatic heterocycles. The van der Waals surface area contributed by atoms with Gasteiger partial charge in [-0.2, -0.15) is 0 Å². The summed E-state index contributed by atoms with van der Waals surface area (Å²) >= 11 is 1.68. The summed E-state index contributed by atoms with van der Waals surface area (Å²) in [7, 11) is 0. The molecule has 1 N–H and O–H groups in total. The third-order valence-corrected chi connectivity index (χ3v) is 2.87. The fraction of sp³-hybridized carbons (Fsp3) is 0.400. The van der Waals surface area contributed by atoms with Crippen LogP contribution in [0.1, 0.15) is 17.6 Å². The maximum absolute atomic E-state index is 4.43. The quantitative estimate of drug-likeness (QED) is 0.861. The van der Waals surface area contributed by atoms with Crippen LogP contribution in [0.15, 0.2) is 17.8 Å². The van der Waals surface area contributed by atoms with Crippen molar-refractivity contribution < 1.29 is 0 Å². The number of hydrogen-bond acceptors (Lipinski definition) is 4. The molecule has 0 aliphatic carbocycles. The van der Waals surface area contributed by atoms with E-state index in [4.69, 9.17) is 0 Å². The highest BCUT2D eigenvalue weighted by atomic mass is 32.1. The summed E-state index contributed by atoms with van der Waals surface area (Å²) in [5.41, 5.74) is 1.09. The van der Waals surface area contributed by atoms with Crippen LogP contribution in [0.4, 0.5) is 5.95 Å². The zero-order chi connectivity index (χ0) is 10.7. The molecular formula is C10H14N4S. The van der Waals surface area contributed by atoms with Gasteiger partial charge in [-0.15, -0.1) is 11.3 Å². The van der Waals surface area contributed by atoms with Crippen molar-refractivity contribution in [1.82, 2.24) is 14.5 Å². The van der Waals surface area contributed by atoms with E-state index < -0.39 is 0 Å². The van der Waals surface area contributed by atoms with Crippen LogP contribution in [0.2, 0.25) is 0 Å². The number of aryl methyl sites for hydroxylation is 1. The van der Waals surface area contributed by atoms with E-state index in [0.717, 1.165) is 29.7 Å². The summed E-state index contributed by atoms with van der Waals surface area (Å²) in [4.78, 5) is 8.67. The Morgan fingerprint density at radius 1 is 1.53 bits per heavy atom. The number of hydrogen-bond donors (Lipinski definition) is 1. The Bertz CT molecular complexity index is 432. The second-order valence-corrected chi connectivity index (χ2v) is 4.33. The molecule has 0 saturated heterocycles. The first kappa shape index (κ1) is 10.2. The Morgan fingerprint density at radius 3 is 3.07 bits per heavy atom. The Hall–Kier alpha value is -1.36. The minimum atomic E-state index is 0.784. The lowest BCUT2D eigenvalue weighted by atomic mass is 10.5. The molecule has 0 aromatic carbocycles. The van der Waals surface area contributed by atoms with Crippen molar-refractivity contribution in [3.8, 4) is 0 Å². The van der Waals surface area contributed by atoms with E-state index in [9.17, 15) is 0 Å². The number of anilines is 1. The zero-order valence-corrected chi connectivity index (χ0v) is 9.71. The zero-order valence-electron chi connectivity index (χ0n) is 8.90. The molecule has 4 nitrogen and oxygen atoms in total. The Morgan fingerprint density at radius 2 is 2.40 bits per heavy atom. The second-order valence-electron chi connectivity index (χ2n) is 3.27. The summed E-state index contributed by atoms with van der Waals surface area (Å²) in [6, 6.07) is 0. The molecular weight excluding hydrogens is 208 g/mol. The molecule has 2 aromatic heterocycles. The number of imidazole rings is 1. The average molecular weight is 222 g/mol. The van der Waals surface area contributed by atoms with Crippen molar-refractivity contribution in [1.29, 1.82) is 0 Å². The fourth-order valence-electron chi connectivity index (χ4n) is 1.42. The van der Waals surface area contributed by atoms with Gasteiger partial charge in [0.2, 0.25) is 5.95 Å². The topological polar surface area (TPSA) is 42.7 Å². The van der Waals surface area contributed by atoms with E-state index in [0.29, 0.717) is 0 Å². The maximum atomic E-state index is 4.43. The molecule has 0 unspecified atom stereocenters. The predicted molar refractivity (Wildman–Crippen MR) is 62.3 cm³/mol. The fourth-order valence-corrected chi connectivity index (χ4v) is 2.02. The standard InChI is InChI=1S/C10H14N4S/c1-3-11-10-12-4-5-14(10)6-9-7-15-8(2)13-9/h4-5,7H,3,6H2,1-2H3,(H,11,12). The van der Waals surface area contributed by atoms with Gasteiger partial charge in [0.1, 0.15) is 0 Å². The molecule has 2 heterocycles. The molecule has 2 aromatic rings. The highest BCUT2D eigenvalue weighted by Crippen LogP contribution is 2.12. The Labute approximate surface area is 93.0 Å². The summed E-state index contributed by atoms with van der Waals surface area (Å²) in [5, 5.41) is 6.41. The summed E-state index contributed by atoms with van der Waals surface area (Å²) in [5.74, 6) is 0.906. The Balaban J connectivity index is 2.13. The lowest BCUT2D eigenvalue weighted by Crippen LogP contribution is -2.07. The monoisotopic (exact) mass is 222 g/mol. The molecule has 0 bridgehead atoms. The normalized spacial score (nSPS) is 10.5. The van der Waals surface area contributed by atoms with Gasteiger partial charge >= 0.3 is 0 Å². The molecule has 0 saturated carbocycles. The molecule has 0 aliphatic rings. The summed E-state index contributed by atoms with van der Waals surface area (Å²) in [6.45, 7) is 5.75. The van der Waals surface area contributed by atoms with Crippen LogP contribution >= 0.6 is 11.3 Å². The van der Waals surface area contributed by atoms with Gasteiger partial charge in [-0.25, -0.2) is 9.97 Å². The van der Waals surface area contributed by atoms with Crippen LogP contribution in [-0.4, -0.2) is 21.1 Å². The molecule has 80 valence electrons. The van der Waals surface area contributed by atoms with Crippen molar-refractivity contribution >= 4 is 17.3 Å². The minimum Gasteiger partial charge on any atom is -0.356 e. The molecule has 0 fully saturated rings. The van der Waals surface area contributed by atoms with E-state index in [2.05, 4.69) is 32.2 Å². The first-order valence-corrected chi connectivity index (χ1v) is 5.83. The minimum absolute atomic E-state index is 0.784. The molecule has 0 amide bonds. The van der Waals surface area contributed by atoms with E-state index in [1.807, 2.05) is 13.1 Å². The molecule has 0 spiro atoms. The first-order chi connectivity index (χ1) is 7.29. The van der Waals surface area contributed by atoms with Gasteiger partial charge in [0.25, 0.3) is 0 Å². The largest absolute Gasteiger partial charge is 0.356 e. The van der Waals surface area contributed by atoms with Crippen molar-refractivity contribution in [2.75, 3.05) is 11.9 Å². The lowest BCUT2D eigenvalue weighted by molar-refractivity contribution is 0.780. The van der Waals surface area contributed by atoms with Crippen molar-refractivity contribution in [3.63, 3.8) is 0 Å². The number of aromatic nitrogens is 3. The second kappa shape index (κ2) is 4.44. The number of nitrogens with zero attached hydrogens (tertiary/aromatic N) is 3. The highest BCUT2D eigenvalue weighted by Gasteiger charge is 2.04. The predicted octanol–water partition coefficient (Wildman–Crippen LogP) is 2.13. The van der Waals surface area contributed by atoms with Crippen LogP contribution in [-0.2, 0) is 6.54 Å². The molecule has 2 rings (SSSR count). The molecule has 15 heavy (non-hydrogen) atoms. The number of nitrogens with one attached hydrogen (secondary N) is 1. The molecule has 0 atom stereocenters. The van der Waals surface area contributed by atoms with Crippen LogP contribution in [0.3, 0.4) is 0 Å². The van der Waals surface area contributed by atoms with E-state index in [1.54, 1.807) is 17.5 Å².